The second kappa shape index (κ2) is 12.5. The van der Waals surface area contributed by atoms with Crippen LogP contribution in [0.5, 0.6) is 0 Å². The number of hydrogen-bond donors (Lipinski definition) is 8. The summed E-state index contributed by atoms with van der Waals surface area (Å²) in [6.07, 6.45) is 1.52. The first-order valence-corrected chi connectivity index (χ1v) is 11.2. The van der Waals surface area contributed by atoms with Gasteiger partial charge in [0, 0.05) is 23.8 Å². The van der Waals surface area contributed by atoms with Gasteiger partial charge in [0.25, 0.3) is 0 Å². The maximum atomic E-state index is 12.5. The molecule has 0 aliphatic heterocycles. The number of nitrogens with two attached hydrogens (primary N) is 1. The van der Waals surface area contributed by atoms with Gasteiger partial charge in [-0.2, -0.15) is 5.23 Å². The van der Waals surface area contributed by atoms with Crippen LogP contribution < -0.4 is 21.6 Å². The Balaban J connectivity index is 2.17. The van der Waals surface area contributed by atoms with E-state index >= 15 is 0 Å². The molecule has 3 unspecified atom stereocenters. The molecule has 0 aromatic heterocycles. The molecule has 2 rings (SSSR count). The number of rotatable bonds is 12. The number of quaternary nitrogens is 1. The van der Waals surface area contributed by atoms with Gasteiger partial charge >= 0.3 is 11.9 Å². The molecule has 13 nitrogen and oxygen atoms in total. The maximum absolute atomic E-state index is 12.5. The second-order valence-corrected chi connectivity index (χ2v) is 8.61. The fraction of sp³-hybridized carbons (Fsp3) is 0.400. The van der Waals surface area contributed by atoms with Crippen molar-refractivity contribution in [3.8, 4) is 0 Å². The van der Waals surface area contributed by atoms with Crippen molar-refractivity contribution in [2.24, 2.45) is 5.73 Å². The van der Waals surface area contributed by atoms with Gasteiger partial charge in [-0.05, 0) is 12.0 Å². The van der Waals surface area contributed by atoms with Crippen molar-refractivity contribution in [3.63, 3.8) is 0 Å². The molecular formula is C20H26N4O9S. The molecule has 9 N–H and O–H groups in total. The van der Waals surface area contributed by atoms with Gasteiger partial charge in [0.2, 0.25) is 11.8 Å². The van der Waals surface area contributed by atoms with Crippen molar-refractivity contribution in [3.05, 3.63) is 40.6 Å². The lowest BCUT2D eigenvalue weighted by atomic mass is 9.93. The zero-order chi connectivity index (χ0) is 25.4. The number of nitrogens with one attached hydrogen (secondary N) is 3. The Hall–Kier alpha value is -3.01. The monoisotopic (exact) mass is 498 g/mol. The first-order valence-electron chi connectivity index (χ1n) is 10.1. The van der Waals surface area contributed by atoms with Gasteiger partial charge < -0.3 is 36.9 Å². The number of hydrogen-bond acceptors (Lipinski definition) is 9. The van der Waals surface area contributed by atoms with Gasteiger partial charge in [-0.25, -0.2) is 5.21 Å². The van der Waals surface area contributed by atoms with Crippen molar-refractivity contribution in [2.75, 3.05) is 12.3 Å². The summed E-state index contributed by atoms with van der Waals surface area (Å²) in [4.78, 5) is 46.4. The molecule has 0 fully saturated rings. The first-order chi connectivity index (χ1) is 16.0. The minimum absolute atomic E-state index is 0.0167. The third kappa shape index (κ3) is 7.51. The van der Waals surface area contributed by atoms with E-state index in [1.165, 1.54) is 12.1 Å². The number of amides is 2. The highest BCUT2D eigenvalue weighted by Gasteiger charge is 2.32. The lowest BCUT2D eigenvalue weighted by molar-refractivity contribution is -0.991. The van der Waals surface area contributed by atoms with Crippen molar-refractivity contribution in [1.82, 2.24) is 10.6 Å². The van der Waals surface area contributed by atoms with Gasteiger partial charge in [0.05, 0.1) is 11.4 Å². The van der Waals surface area contributed by atoms with Gasteiger partial charge in [-0.1, -0.05) is 24.3 Å². The summed E-state index contributed by atoms with van der Waals surface area (Å²) >= 11 is 1.02. The molecule has 1 aliphatic carbocycles. The van der Waals surface area contributed by atoms with E-state index in [9.17, 15) is 34.7 Å². The Bertz CT molecular complexity index is 956. The SMILES string of the molecule is N[C@@H](CCC(=O)N[C@@H](CSC1c2c(cccc2[NH+]([O-])O)C=CC1O)C(=O)NCC(=O)O)C(=O)O. The molecule has 14 heteroatoms. The molecule has 2 amide bonds. The molecule has 5 atom stereocenters. The van der Waals surface area contributed by atoms with Gasteiger partial charge in [0.15, 0.2) is 5.69 Å². The number of carboxylic acids is 2. The van der Waals surface area contributed by atoms with E-state index in [1.54, 1.807) is 18.2 Å². The molecular weight excluding hydrogens is 472 g/mol. The van der Waals surface area contributed by atoms with E-state index in [2.05, 4.69) is 10.6 Å². The van der Waals surface area contributed by atoms with Crippen LogP contribution in [0.1, 0.15) is 29.2 Å². The van der Waals surface area contributed by atoms with Crippen LogP contribution in [-0.2, 0) is 19.2 Å². The van der Waals surface area contributed by atoms with Gasteiger partial charge in [-0.15, -0.1) is 11.8 Å². The summed E-state index contributed by atoms with van der Waals surface area (Å²) in [5, 5.41) is 52.0. The predicted molar refractivity (Wildman–Crippen MR) is 120 cm³/mol. The van der Waals surface area contributed by atoms with Crippen LogP contribution in [0, 0.1) is 5.21 Å². The van der Waals surface area contributed by atoms with Crippen LogP contribution in [-0.4, -0.2) is 74.8 Å². The molecule has 1 aromatic rings. The average Bonchev–Trinajstić information content (AvgIpc) is 2.78. The standard InChI is InChI=1S/C20H26N4O9S/c21-11(20(30)31)5-7-15(26)23-12(19(29)22-8-16(27)28)9-34-18-14(25)6-4-10-2-1-3-13(17(10)18)24(32)33/h1-4,6,11-12,14,18,24-25,32H,5,7-9,21H2,(H,22,29)(H,23,26)(H,27,28)(H,30,31)/t11-,12-,14?,18?/m0/s1. The van der Waals surface area contributed by atoms with E-state index in [4.69, 9.17) is 15.9 Å². The summed E-state index contributed by atoms with van der Waals surface area (Å²) in [6.45, 7) is -0.694. The number of carbonyl (C=O) groups is 4. The van der Waals surface area contributed by atoms with Gasteiger partial charge in [-0.3, -0.25) is 19.2 Å². The number of thioether (sulfide) groups is 1. The van der Waals surface area contributed by atoms with E-state index < -0.39 is 59.0 Å². The minimum Gasteiger partial charge on any atom is -0.595 e. The summed E-state index contributed by atoms with van der Waals surface area (Å²) in [5.74, 6) is -4.20. The summed E-state index contributed by atoms with van der Waals surface area (Å²) in [5.41, 5.74) is 6.31. The lowest BCUT2D eigenvalue weighted by Crippen LogP contribution is -2.99. The minimum atomic E-state index is -1.30. The largest absolute Gasteiger partial charge is 0.595 e. The molecule has 0 bridgehead atoms. The zero-order valence-electron chi connectivity index (χ0n) is 17.8. The third-order valence-electron chi connectivity index (χ3n) is 4.95. The smallest absolute Gasteiger partial charge is 0.322 e. The zero-order valence-corrected chi connectivity index (χ0v) is 18.7. The summed E-state index contributed by atoms with van der Waals surface area (Å²) < 4.78 is 0. The quantitative estimate of drug-likeness (QED) is 0.149. The van der Waals surface area contributed by atoms with Crippen molar-refractivity contribution in [1.29, 1.82) is 0 Å². The third-order valence-corrected chi connectivity index (χ3v) is 6.34. The van der Waals surface area contributed by atoms with Gasteiger partial charge in [0.1, 0.15) is 18.6 Å². The summed E-state index contributed by atoms with van der Waals surface area (Å²) in [7, 11) is 0. The lowest BCUT2D eigenvalue weighted by Gasteiger charge is -2.30. The van der Waals surface area contributed by atoms with E-state index in [0.717, 1.165) is 11.8 Å². The highest BCUT2D eigenvalue weighted by atomic mass is 32.2. The van der Waals surface area contributed by atoms with E-state index in [-0.39, 0.29) is 24.3 Å². The number of carboxylic acid groups (broad SMARTS) is 2. The second-order valence-electron chi connectivity index (χ2n) is 7.43. The number of aliphatic carboxylic acids is 2. The van der Waals surface area contributed by atoms with Crippen LogP contribution in [0.15, 0.2) is 24.3 Å². The molecule has 0 radical (unpaired) electrons. The van der Waals surface area contributed by atoms with Crippen LogP contribution in [0.3, 0.4) is 0 Å². The molecule has 0 heterocycles. The Morgan fingerprint density at radius 1 is 1.24 bits per heavy atom. The average molecular weight is 499 g/mol. The Kier molecular flexibility index (Phi) is 9.97. The van der Waals surface area contributed by atoms with Crippen LogP contribution in [0.4, 0.5) is 5.69 Å². The predicted octanol–water partition coefficient (Wildman–Crippen LogP) is -1.87. The maximum Gasteiger partial charge on any atom is 0.322 e. The van der Waals surface area contributed by atoms with Crippen molar-refractivity contribution >= 4 is 47.3 Å². The Morgan fingerprint density at radius 3 is 2.56 bits per heavy atom. The highest BCUT2D eigenvalue weighted by molar-refractivity contribution is 7.99. The molecule has 1 aliphatic rings. The molecule has 186 valence electrons. The highest BCUT2D eigenvalue weighted by Crippen LogP contribution is 2.41. The summed E-state index contributed by atoms with van der Waals surface area (Å²) in [6, 6.07) is 2.13. The van der Waals surface area contributed by atoms with E-state index in [1.807, 2.05) is 0 Å². The molecule has 0 saturated carbocycles. The fourth-order valence-electron chi connectivity index (χ4n) is 3.23. The van der Waals surface area contributed by atoms with Crippen molar-refractivity contribution < 1.29 is 44.9 Å². The van der Waals surface area contributed by atoms with Crippen LogP contribution in [0.25, 0.3) is 6.08 Å². The topological polar surface area (TPSA) is 227 Å². The van der Waals surface area contributed by atoms with Crippen LogP contribution in [0.2, 0.25) is 0 Å². The van der Waals surface area contributed by atoms with Crippen molar-refractivity contribution in [2.45, 2.75) is 36.3 Å². The molecule has 0 spiro atoms. The number of fused-ring (bicyclic) bond motifs is 1. The molecule has 0 saturated heterocycles. The number of aliphatic hydroxyl groups is 1. The van der Waals surface area contributed by atoms with Crippen LogP contribution >= 0.6 is 11.8 Å². The number of carbonyl (C=O) groups excluding carboxylic acids is 2. The Labute approximate surface area is 198 Å². The fourth-order valence-corrected chi connectivity index (χ4v) is 4.59. The first kappa shape index (κ1) is 27.2. The Morgan fingerprint density at radius 2 is 1.94 bits per heavy atom. The normalized spacial score (nSPS) is 19.4. The molecule has 1 aromatic carbocycles. The number of aliphatic hydroxyl groups excluding tert-OH is 1. The number of benzene rings is 1. The van der Waals surface area contributed by atoms with E-state index in [0.29, 0.717) is 11.1 Å². The molecule has 34 heavy (non-hydrogen) atoms.